The van der Waals surface area contributed by atoms with Crippen molar-refractivity contribution in [3.63, 3.8) is 0 Å². The number of rotatable bonds is 4. The Labute approximate surface area is 135 Å². The molecule has 1 saturated carbocycles. The van der Waals surface area contributed by atoms with E-state index >= 15 is 0 Å². The molecule has 5 nitrogen and oxygen atoms in total. The van der Waals surface area contributed by atoms with Crippen LogP contribution in [0.1, 0.15) is 43.5 Å². The number of carbonyl (C=O) groups excluding carboxylic acids is 2. The summed E-state index contributed by atoms with van der Waals surface area (Å²) in [5, 5.41) is 3.26. The third kappa shape index (κ3) is 4.44. The molecule has 0 saturated heterocycles. The fraction of sp³-hybridized carbons (Fsp3) is 0.562. The lowest BCUT2D eigenvalue weighted by atomic mass is 9.78. The maximum Gasteiger partial charge on any atom is 0.340 e. The molecule has 0 unspecified atom stereocenters. The standard InChI is InChI=1S/C16H21ClN2O3/c1-10-4-3-5-13(11(10)2)19-15(20)9-22-16(21)12-6-7-14(17)18-8-12/h6-8,10-11,13H,3-5,9H2,1-2H3,(H,19,20)/t10-,11+,13-/m1/s1. The molecule has 0 aliphatic heterocycles. The van der Waals surface area contributed by atoms with Gasteiger partial charge in [0.1, 0.15) is 5.15 Å². The van der Waals surface area contributed by atoms with Crippen molar-refractivity contribution in [1.82, 2.24) is 10.3 Å². The molecule has 1 aliphatic carbocycles. The van der Waals surface area contributed by atoms with Gasteiger partial charge in [0.25, 0.3) is 5.91 Å². The molecule has 1 aliphatic rings. The van der Waals surface area contributed by atoms with Gasteiger partial charge in [0.15, 0.2) is 6.61 Å². The van der Waals surface area contributed by atoms with E-state index in [0.717, 1.165) is 12.8 Å². The van der Waals surface area contributed by atoms with Crippen molar-refractivity contribution in [3.05, 3.63) is 29.0 Å². The molecule has 1 fully saturated rings. The predicted molar refractivity (Wildman–Crippen MR) is 83.6 cm³/mol. The minimum Gasteiger partial charge on any atom is -0.452 e. The highest BCUT2D eigenvalue weighted by molar-refractivity contribution is 6.29. The number of hydrogen-bond acceptors (Lipinski definition) is 4. The van der Waals surface area contributed by atoms with Gasteiger partial charge < -0.3 is 10.1 Å². The highest BCUT2D eigenvalue weighted by Crippen LogP contribution is 2.29. The lowest BCUT2D eigenvalue weighted by Gasteiger charge is -2.34. The fourth-order valence-corrected chi connectivity index (χ4v) is 2.86. The zero-order chi connectivity index (χ0) is 16.1. The molecule has 6 heteroatoms. The minimum atomic E-state index is -0.579. The summed E-state index contributed by atoms with van der Waals surface area (Å²) >= 11 is 5.65. The molecule has 1 N–H and O–H groups in total. The van der Waals surface area contributed by atoms with E-state index in [1.165, 1.54) is 24.8 Å². The first-order valence-electron chi connectivity index (χ1n) is 7.55. The summed E-state index contributed by atoms with van der Waals surface area (Å²) in [6.07, 6.45) is 4.62. The van der Waals surface area contributed by atoms with E-state index in [4.69, 9.17) is 16.3 Å². The highest BCUT2D eigenvalue weighted by atomic mass is 35.5. The van der Waals surface area contributed by atoms with Crippen LogP contribution < -0.4 is 5.32 Å². The van der Waals surface area contributed by atoms with Gasteiger partial charge in [-0.05, 0) is 30.4 Å². The Hall–Kier alpha value is -1.62. The Morgan fingerprint density at radius 2 is 2.14 bits per heavy atom. The molecule has 2 rings (SSSR count). The largest absolute Gasteiger partial charge is 0.452 e. The van der Waals surface area contributed by atoms with E-state index in [0.29, 0.717) is 17.0 Å². The number of amides is 1. The lowest BCUT2D eigenvalue weighted by Crippen LogP contribution is -2.45. The first kappa shape index (κ1) is 16.7. The van der Waals surface area contributed by atoms with Crippen molar-refractivity contribution in [2.75, 3.05) is 6.61 Å². The number of nitrogens with one attached hydrogen (secondary N) is 1. The molecular weight excluding hydrogens is 304 g/mol. The van der Waals surface area contributed by atoms with Gasteiger partial charge in [-0.25, -0.2) is 9.78 Å². The summed E-state index contributed by atoms with van der Waals surface area (Å²) in [5.74, 6) is 0.196. The van der Waals surface area contributed by atoms with Crippen LogP contribution in [0.15, 0.2) is 18.3 Å². The quantitative estimate of drug-likeness (QED) is 0.683. The van der Waals surface area contributed by atoms with Crippen LogP contribution in [0, 0.1) is 11.8 Å². The maximum atomic E-state index is 11.9. The summed E-state index contributed by atoms with van der Waals surface area (Å²) in [5.41, 5.74) is 0.275. The molecular formula is C16H21ClN2O3. The van der Waals surface area contributed by atoms with Crippen molar-refractivity contribution in [2.45, 2.75) is 39.2 Å². The molecule has 1 heterocycles. The summed E-state index contributed by atoms with van der Waals surface area (Å²) in [4.78, 5) is 27.5. The van der Waals surface area contributed by atoms with E-state index in [1.807, 2.05) is 0 Å². The molecule has 0 bridgehead atoms. The highest BCUT2D eigenvalue weighted by Gasteiger charge is 2.28. The molecule has 22 heavy (non-hydrogen) atoms. The number of aromatic nitrogens is 1. The van der Waals surface area contributed by atoms with Gasteiger partial charge in [-0.1, -0.05) is 38.3 Å². The van der Waals surface area contributed by atoms with Crippen LogP contribution in [0.25, 0.3) is 0 Å². The zero-order valence-corrected chi connectivity index (χ0v) is 13.6. The number of pyridine rings is 1. The lowest BCUT2D eigenvalue weighted by molar-refractivity contribution is -0.125. The maximum absolute atomic E-state index is 11.9. The van der Waals surface area contributed by atoms with Gasteiger partial charge in [-0.15, -0.1) is 0 Å². The number of hydrogen-bond donors (Lipinski definition) is 1. The Kier molecular flexibility index (Phi) is 5.77. The van der Waals surface area contributed by atoms with Gasteiger partial charge >= 0.3 is 5.97 Å². The van der Waals surface area contributed by atoms with Crippen LogP contribution in [0.3, 0.4) is 0 Å². The van der Waals surface area contributed by atoms with E-state index in [-0.39, 0.29) is 24.1 Å². The SMILES string of the molecule is C[C@H]1[C@H](C)CCC[C@H]1NC(=O)COC(=O)c1ccc(Cl)nc1. The van der Waals surface area contributed by atoms with E-state index in [9.17, 15) is 9.59 Å². The van der Waals surface area contributed by atoms with Crippen molar-refractivity contribution < 1.29 is 14.3 Å². The summed E-state index contributed by atoms with van der Waals surface area (Å²) < 4.78 is 5.00. The Morgan fingerprint density at radius 1 is 1.36 bits per heavy atom. The number of esters is 1. The van der Waals surface area contributed by atoms with Crippen LogP contribution in [-0.4, -0.2) is 29.5 Å². The van der Waals surface area contributed by atoms with Gasteiger partial charge in [0, 0.05) is 12.2 Å². The van der Waals surface area contributed by atoms with E-state index < -0.39 is 5.97 Å². The Balaban J connectivity index is 1.80. The third-order valence-corrected chi connectivity index (χ3v) is 4.57. The first-order valence-corrected chi connectivity index (χ1v) is 7.93. The second kappa shape index (κ2) is 7.58. The van der Waals surface area contributed by atoms with Crippen molar-refractivity contribution in [2.24, 2.45) is 11.8 Å². The van der Waals surface area contributed by atoms with Gasteiger partial charge in [-0.2, -0.15) is 0 Å². The van der Waals surface area contributed by atoms with Crippen molar-refractivity contribution >= 4 is 23.5 Å². The van der Waals surface area contributed by atoms with Gasteiger partial charge in [0.05, 0.1) is 5.56 Å². The smallest absolute Gasteiger partial charge is 0.340 e. The van der Waals surface area contributed by atoms with Crippen LogP contribution >= 0.6 is 11.6 Å². The normalized spacial score (nSPS) is 24.6. The van der Waals surface area contributed by atoms with E-state index in [2.05, 4.69) is 24.1 Å². The molecule has 3 atom stereocenters. The van der Waals surface area contributed by atoms with E-state index in [1.54, 1.807) is 0 Å². The summed E-state index contributed by atoms with van der Waals surface area (Å²) in [6, 6.07) is 3.18. The minimum absolute atomic E-state index is 0.159. The first-order chi connectivity index (χ1) is 10.5. The second-order valence-corrected chi connectivity index (χ2v) is 6.27. The van der Waals surface area contributed by atoms with Crippen LogP contribution in [0.4, 0.5) is 0 Å². The number of halogens is 1. The van der Waals surface area contributed by atoms with Gasteiger partial charge in [-0.3, -0.25) is 4.79 Å². The second-order valence-electron chi connectivity index (χ2n) is 5.89. The van der Waals surface area contributed by atoms with Crippen molar-refractivity contribution in [3.8, 4) is 0 Å². The Morgan fingerprint density at radius 3 is 2.82 bits per heavy atom. The molecule has 0 radical (unpaired) electrons. The molecule has 1 amide bonds. The predicted octanol–water partition coefficient (Wildman–Crippen LogP) is 2.83. The molecule has 1 aromatic rings. The monoisotopic (exact) mass is 324 g/mol. The van der Waals surface area contributed by atoms with Gasteiger partial charge in [0.2, 0.25) is 0 Å². The average molecular weight is 325 g/mol. The van der Waals surface area contributed by atoms with Crippen LogP contribution in [0.5, 0.6) is 0 Å². The topological polar surface area (TPSA) is 68.3 Å². The molecule has 0 aromatic carbocycles. The number of ether oxygens (including phenoxy) is 1. The summed E-state index contributed by atoms with van der Waals surface area (Å²) in [6.45, 7) is 4.08. The molecule has 1 aromatic heterocycles. The fourth-order valence-electron chi connectivity index (χ4n) is 2.75. The Bertz CT molecular complexity index is 533. The third-order valence-electron chi connectivity index (χ3n) is 4.35. The van der Waals surface area contributed by atoms with Crippen molar-refractivity contribution in [1.29, 1.82) is 0 Å². The number of carbonyl (C=O) groups is 2. The average Bonchev–Trinajstić information content (AvgIpc) is 2.50. The van der Waals surface area contributed by atoms with Crippen LogP contribution in [0.2, 0.25) is 5.15 Å². The molecule has 0 spiro atoms. The van der Waals surface area contributed by atoms with Crippen LogP contribution in [-0.2, 0) is 9.53 Å². The summed E-state index contributed by atoms with van der Waals surface area (Å²) in [7, 11) is 0. The molecule has 120 valence electrons. The zero-order valence-electron chi connectivity index (χ0n) is 12.8. The number of nitrogens with zero attached hydrogens (tertiary/aromatic N) is 1.